The Morgan fingerprint density at radius 3 is 2.00 bits per heavy atom. The molecule has 0 spiro atoms. The van der Waals surface area contributed by atoms with Crippen molar-refractivity contribution in [1.82, 2.24) is 14.7 Å². The molecule has 3 fully saturated rings. The highest BCUT2D eigenvalue weighted by atomic mass is 16.2. The molecule has 0 saturated carbocycles. The van der Waals surface area contributed by atoms with Crippen LogP contribution in [0.15, 0.2) is 24.3 Å². The Balaban J connectivity index is 1.36. The fourth-order valence-corrected chi connectivity index (χ4v) is 5.24. The quantitative estimate of drug-likeness (QED) is 0.715. The van der Waals surface area contributed by atoms with Gasteiger partial charge in [0.25, 0.3) is 0 Å². The Morgan fingerprint density at radius 1 is 0.800 bits per heavy atom. The van der Waals surface area contributed by atoms with E-state index in [1.165, 1.54) is 11.1 Å². The van der Waals surface area contributed by atoms with E-state index in [1.807, 2.05) is 9.80 Å². The van der Waals surface area contributed by atoms with Gasteiger partial charge in [-0.2, -0.15) is 0 Å². The largest absolute Gasteiger partial charge is 0.335 e. The summed E-state index contributed by atoms with van der Waals surface area (Å²) in [6.45, 7) is 10.8. The minimum absolute atomic E-state index is 0.0575. The second-order valence-corrected chi connectivity index (χ2v) is 10.3. The molecule has 0 radical (unpaired) electrons. The lowest BCUT2D eigenvalue weighted by atomic mass is 9.86. The molecular weight excluding hydrogens is 374 g/mol. The summed E-state index contributed by atoms with van der Waals surface area (Å²) in [6, 6.07) is 9.26. The fourth-order valence-electron chi connectivity index (χ4n) is 5.24. The van der Waals surface area contributed by atoms with Crippen molar-refractivity contribution in [2.45, 2.75) is 70.8 Å². The maximum Gasteiger partial charge on any atom is 0.319 e. The molecule has 0 N–H and O–H groups in total. The third kappa shape index (κ3) is 4.35. The van der Waals surface area contributed by atoms with Crippen LogP contribution in [0.5, 0.6) is 0 Å². The van der Waals surface area contributed by atoms with Gasteiger partial charge in [0.05, 0.1) is 6.04 Å². The van der Waals surface area contributed by atoms with E-state index in [2.05, 4.69) is 49.9 Å². The van der Waals surface area contributed by atoms with Crippen LogP contribution in [0.4, 0.5) is 4.79 Å². The Hall–Kier alpha value is -2.04. The molecule has 3 heterocycles. The molecule has 1 unspecified atom stereocenters. The topological polar surface area (TPSA) is 43.9 Å². The number of hydrogen-bond donors (Lipinski definition) is 0. The van der Waals surface area contributed by atoms with Crippen LogP contribution in [-0.2, 0) is 10.2 Å². The summed E-state index contributed by atoms with van der Waals surface area (Å²) in [4.78, 5) is 32.0. The number of amides is 3. The van der Waals surface area contributed by atoms with Crippen molar-refractivity contribution in [3.8, 4) is 0 Å². The molecule has 5 nitrogen and oxygen atoms in total. The average Bonchev–Trinajstić information content (AvgIpc) is 3.44. The third-order valence-electron chi connectivity index (χ3n) is 7.19. The van der Waals surface area contributed by atoms with Crippen molar-refractivity contribution in [3.05, 3.63) is 35.4 Å². The number of likely N-dealkylation sites (tertiary alicyclic amines) is 3. The lowest BCUT2D eigenvalue weighted by Crippen LogP contribution is -2.48. The van der Waals surface area contributed by atoms with Crippen LogP contribution in [0.1, 0.15) is 76.5 Å². The first-order chi connectivity index (χ1) is 14.3. The molecule has 4 rings (SSSR count). The first kappa shape index (κ1) is 21.2. The Bertz CT molecular complexity index is 754. The number of urea groups is 1. The van der Waals surface area contributed by atoms with Gasteiger partial charge in [0.1, 0.15) is 0 Å². The van der Waals surface area contributed by atoms with E-state index in [-0.39, 0.29) is 23.4 Å². The summed E-state index contributed by atoms with van der Waals surface area (Å²) in [5.74, 6) is 0.354. The molecule has 3 aliphatic heterocycles. The molecule has 0 aliphatic carbocycles. The highest BCUT2D eigenvalue weighted by Crippen LogP contribution is 2.35. The lowest BCUT2D eigenvalue weighted by molar-refractivity contribution is -0.137. The molecule has 3 saturated heterocycles. The monoisotopic (exact) mass is 411 g/mol. The Labute approximate surface area is 181 Å². The molecule has 1 aromatic rings. The van der Waals surface area contributed by atoms with Gasteiger partial charge in [-0.15, -0.1) is 0 Å². The van der Waals surface area contributed by atoms with Crippen molar-refractivity contribution < 1.29 is 9.59 Å². The zero-order valence-electron chi connectivity index (χ0n) is 18.9. The number of nitrogens with zero attached hydrogens (tertiary/aromatic N) is 3. The minimum atomic E-state index is 0.0575. The van der Waals surface area contributed by atoms with E-state index in [1.54, 1.807) is 0 Å². The summed E-state index contributed by atoms with van der Waals surface area (Å²) in [5, 5.41) is 0. The number of hydrogen-bond acceptors (Lipinski definition) is 2. The van der Waals surface area contributed by atoms with Gasteiger partial charge in [0, 0.05) is 38.6 Å². The minimum Gasteiger partial charge on any atom is -0.335 e. The molecule has 0 aromatic heterocycles. The molecule has 5 heteroatoms. The molecular formula is C25H37N3O2. The second kappa shape index (κ2) is 8.60. The summed E-state index contributed by atoms with van der Waals surface area (Å²) >= 11 is 0. The molecule has 1 aromatic carbocycles. The second-order valence-electron chi connectivity index (χ2n) is 10.3. The molecule has 1 atom stereocenters. The van der Waals surface area contributed by atoms with Crippen LogP contribution in [-0.4, -0.2) is 59.4 Å². The van der Waals surface area contributed by atoms with Crippen LogP contribution < -0.4 is 0 Å². The molecule has 164 valence electrons. The van der Waals surface area contributed by atoms with E-state index in [0.717, 1.165) is 58.2 Å². The normalized spacial score (nSPS) is 23.3. The number of benzene rings is 1. The predicted octanol–water partition coefficient (Wildman–Crippen LogP) is 4.58. The Kier molecular flexibility index (Phi) is 6.08. The van der Waals surface area contributed by atoms with E-state index < -0.39 is 0 Å². The summed E-state index contributed by atoms with van der Waals surface area (Å²) < 4.78 is 0. The zero-order valence-corrected chi connectivity index (χ0v) is 18.9. The predicted molar refractivity (Wildman–Crippen MR) is 119 cm³/mol. The van der Waals surface area contributed by atoms with Crippen molar-refractivity contribution in [1.29, 1.82) is 0 Å². The van der Waals surface area contributed by atoms with E-state index in [4.69, 9.17) is 0 Å². The van der Waals surface area contributed by atoms with E-state index in [0.29, 0.717) is 19.0 Å². The molecule has 3 amide bonds. The van der Waals surface area contributed by atoms with Crippen molar-refractivity contribution in [2.75, 3.05) is 32.7 Å². The number of carbonyl (C=O) groups is 2. The number of carbonyl (C=O) groups excluding carboxylic acids is 2. The van der Waals surface area contributed by atoms with Gasteiger partial charge in [-0.05, 0) is 55.1 Å². The van der Waals surface area contributed by atoms with E-state index in [9.17, 15) is 9.59 Å². The van der Waals surface area contributed by atoms with Gasteiger partial charge in [0.2, 0.25) is 5.91 Å². The third-order valence-corrected chi connectivity index (χ3v) is 7.19. The Morgan fingerprint density at radius 2 is 1.40 bits per heavy atom. The molecule has 0 bridgehead atoms. The first-order valence-corrected chi connectivity index (χ1v) is 11.8. The van der Waals surface area contributed by atoms with Crippen LogP contribution in [0.3, 0.4) is 0 Å². The van der Waals surface area contributed by atoms with Crippen LogP contribution in [0.2, 0.25) is 0 Å². The first-order valence-electron chi connectivity index (χ1n) is 11.8. The zero-order chi connectivity index (χ0) is 21.3. The highest BCUT2D eigenvalue weighted by Gasteiger charge is 2.37. The SMILES string of the molecule is CC(C)(C)c1ccc(C2CCCN2C(=O)C2CCN(C(=O)N3CCCC3)CC2)cc1. The van der Waals surface area contributed by atoms with Crippen LogP contribution in [0.25, 0.3) is 0 Å². The van der Waals surface area contributed by atoms with E-state index >= 15 is 0 Å². The van der Waals surface area contributed by atoms with Gasteiger partial charge in [-0.25, -0.2) is 4.79 Å². The summed E-state index contributed by atoms with van der Waals surface area (Å²) in [7, 11) is 0. The maximum absolute atomic E-state index is 13.4. The lowest BCUT2D eigenvalue weighted by Gasteiger charge is -2.36. The summed E-state index contributed by atoms with van der Waals surface area (Å²) in [5.41, 5.74) is 2.73. The highest BCUT2D eigenvalue weighted by molar-refractivity contribution is 5.80. The standard InChI is InChI=1S/C25H37N3O2/c1-25(2,3)21-10-8-19(9-11-21)22-7-6-16-28(22)23(29)20-12-17-27(18-13-20)24(30)26-14-4-5-15-26/h8-11,20,22H,4-7,12-18H2,1-3H3. The van der Waals surface area contributed by atoms with Gasteiger partial charge in [-0.1, -0.05) is 45.0 Å². The number of piperidine rings is 1. The van der Waals surface area contributed by atoms with Crippen molar-refractivity contribution in [3.63, 3.8) is 0 Å². The van der Waals surface area contributed by atoms with Gasteiger partial charge >= 0.3 is 6.03 Å². The van der Waals surface area contributed by atoms with Crippen molar-refractivity contribution in [2.24, 2.45) is 5.92 Å². The maximum atomic E-state index is 13.4. The number of rotatable bonds is 2. The van der Waals surface area contributed by atoms with Gasteiger partial charge in [0.15, 0.2) is 0 Å². The van der Waals surface area contributed by atoms with Crippen LogP contribution in [0, 0.1) is 5.92 Å². The molecule has 30 heavy (non-hydrogen) atoms. The fraction of sp³-hybridized carbons (Fsp3) is 0.680. The summed E-state index contributed by atoms with van der Waals surface area (Å²) in [6.07, 6.45) is 5.95. The average molecular weight is 412 g/mol. The van der Waals surface area contributed by atoms with Gasteiger partial charge in [-0.3, -0.25) is 4.79 Å². The van der Waals surface area contributed by atoms with Gasteiger partial charge < -0.3 is 14.7 Å². The smallest absolute Gasteiger partial charge is 0.319 e. The van der Waals surface area contributed by atoms with Crippen molar-refractivity contribution >= 4 is 11.9 Å². The molecule has 3 aliphatic rings. The van der Waals surface area contributed by atoms with Crippen LogP contribution >= 0.6 is 0 Å².